The highest BCUT2D eigenvalue weighted by Crippen LogP contribution is 2.37. The number of amides is 1. The molecule has 3 aromatic carbocycles. The smallest absolute Gasteiger partial charge is 0.265 e. The van der Waals surface area contributed by atoms with Crippen LogP contribution in [-0.4, -0.2) is 48.3 Å². The van der Waals surface area contributed by atoms with E-state index in [1.807, 2.05) is 38.1 Å². The molecule has 9 nitrogen and oxygen atoms in total. The fourth-order valence-electron chi connectivity index (χ4n) is 3.65. The summed E-state index contributed by atoms with van der Waals surface area (Å²) >= 11 is 6.20. The molecule has 0 aliphatic rings. The highest BCUT2D eigenvalue weighted by atomic mass is 35.5. The molecule has 1 amide bonds. The van der Waals surface area contributed by atoms with Crippen LogP contribution in [0.2, 0.25) is 5.02 Å². The maximum Gasteiger partial charge on any atom is 0.265 e. The number of sulfonamides is 1. The van der Waals surface area contributed by atoms with Gasteiger partial charge in [0.2, 0.25) is 5.91 Å². The lowest BCUT2D eigenvalue weighted by Gasteiger charge is -2.26. The van der Waals surface area contributed by atoms with Gasteiger partial charge in [-0.1, -0.05) is 23.7 Å². The van der Waals surface area contributed by atoms with E-state index in [4.69, 9.17) is 30.5 Å². The van der Waals surface area contributed by atoms with Gasteiger partial charge < -0.3 is 24.3 Å². The average Bonchev–Trinajstić information content (AvgIpc) is 2.89. The predicted octanol–water partition coefficient (Wildman–Crippen LogP) is 4.66. The van der Waals surface area contributed by atoms with E-state index in [-0.39, 0.29) is 39.8 Å². The first kappa shape index (κ1) is 28.9. The SMILES string of the molecule is COc1ccc(S(=O)(=O)N(CC(=O)NCc2cccc(OC(C)C)c2)c2cc(Cl)ccc2OC)cc1OC. The van der Waals surface area contributed by atoms with E-state index in [1.54, 1.807) is 6.07 Å². The summed E-state index contributed by atoms with van der Waals surface area (Å²) in [5, 5.41) is 3.05. The van der Waals surface area contributed by atoms with Gasteiger partial charge in [-0.3, -0.25) is 9.10 Å². The summed E-state index contributed by atoms with van der Waals surface area (Å²) < 4.78 is 50.3. The Morgan fingerprint density at radius 2 is 1.61 bits per heavy atom. The van der Waals surface area contributed by atoms with E-state index >= 15 is 0 Å². The number of hydrogen-bond donors (Lipinski definition) is 1. The van der Waals surface area contributed by atoms with Crippen molar-refractivity contribution in [2.75, 3.05) is 32.2 Å². The van der Waals surface area contributed by atoms with Crippen LogP contribution in [0.25, 0.3) is 0 Å². The number of benzene rings is 3. The van der Waals surface area contributed by atoms with Crippen molar-refractivity contribution in [1.29, 1.82) is 0 Å². The third-order valence-electron chi connectivity index (χ3n) is 5.40. The van der Waals surface area contributed by atoms with Gasteiger partial charge in [0.15, 0.2) is 11.5 Å². The van der Waals surface area contributed by atoms with Gasteiger partial charge in [0, 0.05) is 17.6 Å². The van der Waals surface area contributed by atoms with Gasteiger partial charge in [-0.2, -0.15) is 0 Å². The Morgan fingerprint density at radius 3 is 2.26 bits per heavy atom. The Labute approximate surface area is 228 Å². The highest BCUT2D eigenvalue weighted by molar-refractivity contribution is 7.92. The topological polar surface area (TPSA) is 103 Å². The maximum atomic E-state index is 13.9. The second-order valence-corrected chi connectivity index (χ2v) is 10.7. The average molecular weight is 563 g/mol. The third-order valence-corrected chi connectivity index (χ3v) is 7.39. The zero-order chi connectivity index (χ0) is 27.9. The molecule has 3 rings (SSSR count). The van der Waals surface area contributed by atoms with Crippen molar-refractivity contribution in [3.63, 3.8) is 0 Å². The van der Waals surface area contributed by atoms with E-state index in [0.29, 0.717) is 11.5 Å². The molecule has 0 heterocycles. The Bertz CT molecular complexity index is 1380. The molecule has 0 saturated heterocycles. The molecular formula is C27H31ClN2O7S. The van der Waals surface area contributed by atoms with Gasteiger partial charge in [-0.15, -0.1) is 0 Å². The lowest BCUT2D eigenvalue weighted by Crippen LogP contribution is -2.40. The molecule has 204 valence electrons. The molecule has 0 aliphatic carbocycles. The molecule has 0 spiro atoms. The number of nitrogens with one attached hydrogen (secondary N) is 1. The summed E-state index contributed by atoms with van der Waals surface area (Å²) in [7, 11) is -0.0260. The number of anilines is 1. The van der Waals surface area contributed by atoms with Crippen LogP contribution in [0.3, 0.4) is 0 Å². The number of rotatable bonds is 12. The lowest BCUT2D eigenvalue weighted by molar-refractivity contribution is -0.119. The van der Waals surface area contributed by atoms with Gasteiger partial charge in [-0.25, -0.2) is 8.42 Å². The Hall–Kier alpha value is -3.63. The standard InChI is InChI=1S/C27H31ClN2O7S/c1-18(2)37-21-8-6-7-19(13-21)16-29-27(31)17-30(23-14-20(28)9-11-24(23)34-3)38(32,33)22-10-12-25(35-4)26(15-22)36-5/h6-15,18H,16-17H2,1-5H3,(H,29,31). The van der Waals surface area contributed by atoms with Crippen molar-refractivity contribution >= 4 is 33.2 Å². The first-order valence-corrected chi connectivity index (χ1v) is 13.5. The summed E-state index contributed by atoms with van der Waals surface area (Å²) in [5.41, 5.74) is 0.906. The zero-order valence-corrected chi connectivity index (χ0v) is 23.4. The van der Waals surface area contributed by atoms with E-state index in [0.717, 1.165) is 9.87 Å². The maximum absolute atomic E-state index is 13.9. The van der Waals surface area contributed by atoms with Gasteiger partial charge in [0.05, 0.1) is 38.0 Å². The molecule has 11 heteroatoms. The number of nitrogens with zero attached hydrogens (tertiary/aromatic N) is 1. The molecule has 0 atom stereocenters. The molecule has 0 fully saturated rings. The summed E-state index contributed by atoms with van der Waals surface area (Å²) in [5.74, 6) is 0.948. The summed E-state index contributed by atoms with van der Waals surface area (Å²) in [6, 6.07) is 16.0. The fraction of sp³-hybridized carbons (Fsp3) is 0.296. The molecule has 0 aliphatic heterocycles. The van der Waals surface area contributed by atoms with E-state index in [2.05, 4.69) is 5.32 Å². The van der Waals surface area contributed by atoms with E-state index in [9.17, 15) is 13.2 Å². The van der Waals surface area contributed by atoms with Crippen LogP contribution in [0.5, 0.6) is 23.0 Å². The van der Waals surface area contributed by atoms with Crippen molar-refractivity contribution in [3.05, 3.63) is 71.2 Å². The van der Waals surface area contributed by atoms with E-state index < -0.39 is 22.5 Å². The molecule has 0 bridgehead atoms. The monoisotopic (exact) mass is 562 g/mol. The molecule has 0 aromatic heterocycles. The Balaban J connectivity index is 1.94. The Morgan fingerprint density at radius 1 is 0.921 bits per heavy atom. The molecule has 38 heavy (non-hydrogen) atoms. The largest absolute Gasteiger partial charge is 0.495 e. The summed E-state index contributed by atoms with van der Waals surface area (Å²) in [4.78, 5) is 13.0. The minimum absolute atomic E-state index is 0.00265. The molecular weight excluding hydrogens is 532 g/mol. The number of methoxy groups -OCH3 is 3. The second-order valence-electron chi connectivity index (χ2n) is 8.44. The summed E-state index contributed by atoms with van der Waals surface area (Å²) in [6.45, 7) is 3.48. The van der Waals surface area contributed by atoms with Gasteiger partial charge in [0.25, 0.3) is 10.0 Å². The molecule has 1 N–H and O–H groups in total. The van der Waals surface area contributed by atoms with Gasteiger partial charge in [0.1, 0.15) is 18.0 Å². The molecule has 0 radical (unpaired) electrons. The van der Waals surface area contributed by atoms with Crippen LogP contribution in [0.15, 0.2) is 65.6 Å². The minimum atomic E-state index is -4.28. The van der Waals surface area contributed by atoms with Crippen molar-refractivity contribution < 1.29 is 32.2 Å². The van der Waals surface area contributed by atoms with Crippen molar-refractivity contribution in [2.24, 2.45) is 0 Å². The van der Waals surface area contributed by atoms with Crippen molar-refractivity contribution in [2.45, 2.75) is 31.4 Å². The minimum Gasteiger partial charge on any atom is -0.495 e. The third kappa shape index (κ3) is 7.02. The van der Waals surface area contributed by atoms with Crippen LogP contribution < -0.4 is 28.6 Å². The van der Waals surface area contributed by atoms with Crippen LogP contribution in [0, 0.1) is 0 Å². The first-order chi connectivity index (χ1) is 18.1. The number of carbonyl (C=O) groups is 1. The highest BCUT2D eigenvalue weighted by Gasteiger charge is 2.30. The van der Waals surface area contributed by atoms with Gasteiger partial charge >= 0.3 is 0 Å². The van der Waals surface area contributed by atoms with Crippen molar-refractivity contribution in [3.8, 4) is 23.0 Å². The first-order valence-electron chi connectivity index (χ1n) is 11.7. The lowest BCUT2D eigenvalue weighted by atomic mass is 10.2. The molecule has 3 aromatic rings. The number of hydrogen-bond acceptors (Lipinski definition) is 7. The zero-order valence-electron chi connectivity index (χ0n) is 21.9. The number of halogens is 1. The molecule has 0 saturated carbocycles. The van der Waals surface area contributed by atoms with Crippen LogP contribution in [-0.2, 0) is 21.4 Å². The quantitative estimate of drug-likeness (QED) is 0.342. The van der Waals surface area contributed by atoms with Crippen molar-refractivity contribution in [1.82, 2.24) is 5.32 Å². The predicted molar refractivity (Wildman–Crippen MR) is 146 cm³/mol. The van der Waals surface area contributed by atoms with Crippen LogP contribution in [0.1, 0.15) is 19.4 Å². The second kappa shape index (κ2) is 12.7. The van der Waals surface area contributed by atoms with Crippen LogP contribution in [0.4, 0.5) is 5.69 Å². The van der Waals surface area contributed by atoms with Gasteiger partial charge in [-0.05, 0) is 61.9 Å². The van der Waals surface area contributed by atoms with Crippen LogP contribution >= 0.6 is 11.6 Å². The number of carbonyl (C=O) groups excluding carboxylic acids is 1. The van der Waals surface area contributed by atoms with E-state index in [1.165, 1.54) is 51.7 Å². The summed E-state index contributed by atoms with van der Waals surface area (Å²) in [6.07, 6.45) is 0.00265. The Kier molecular flexibility index (Phi) is 9.71. The number of ether oxygens (including phenoxy) is 4. The molecule has 0 unspecified atom stereocenters. The normalized spacial score (nSPS) is 11.1. The fourth-order valence-corrected chi connectivity index (χ4v) is 5.26.